The zero-order chi connectivity index (χ0) is 12.8. The van der Waals surface area contributed by atoms with E-state index in [1.165, 1.54) is 4.90 Å². The first-order valence-corrected chi connectivity index (χ1v) is 5.32. The summed E-state index contributed by atoms with van der Waals surface area (Å²) in [5, 5.41) is 11.3. The van der Waals surface area contributed by atoms with Crippen molar-refractivity contribution < 1.29 is 14.7 Å². The van der Waals surface area contributed by atoms with E-state index in [4.69, 9.17) is 16.7 Å². The molecule has 0 spiro atoms. The molecule has 0 radical (unpaired) electrons. The summed E-state index contributed by atoms with van der Waals surface area (Å²) in [5.74, 6) is -1.07. The Labute approximate surface area is 104 Å². The van der Waals surface area contributed by atoms with Gasteiger partial charge in [0.2, 0.25) is 0 Å². The number of urea groups is 1. The second-order valence-electron chi connectivity index (χ2n) is 3.54. The summed E-state index contributed by atoms with van der Waals surface area (Å²) < 4.78 is 0. The van der Waals surface area contributed by atoms with Crippen LogP contribution in [0.1, 0.15) is 5.56 Å². The fourth-order valence-electron chi connectivity index (χ4n) is 1.27. The Morgan fingerprint density at radius 1 is 1.47 bits per heavy atom. The Bertz CT molecular complexity index is 423. The lowest BCUT2D eigenvalue weighted by molar-refractivity contribution is -0.135. The van der Waals surface area contributed by atoms with Gasteiger partial charge in [-0.05, 0) is 17.7 Å². The van der Waals surface area contributed by atoms with Crippen molar-refractivity contribution >= 4 is 23.6 Å². The molecule has 0 bridgehead atoms. The Kier molecular flexibility index (Phi) is 4.78. The lowest BCUT2D eigenvalue weighted by Crippen LogP contribution is -2.39. The van der Waals surface area contributed by atoms with E-state index in [2.05, 4.69) is 5.32 Å². The molecule has 1 aromatic carbocycles. The van der Waals surface area contributed by atoms with E-state index in [1.807, 2.05) is 6.07 Å². The SMILES string of the molecule is CN(Cc1cccc(Cl)c1)C(=O)NCC(=O)O. The average Bonchev–Trinajstić information content (AvgIpc) is 2.25. The molecule has 2 amide bonds. The van der Waals surface area contributed by atoms with Crippen LogP contribution in [-0.4, -0.2) is 35.6 Å². The molecule has 0 aliphatic rings. The van der Waals surface area contributed by atoms with E-state index < -0.39 is 18.5 Å². The predicted octanol–water partition coefficient (Wildman–Crippen LogP) is 1.57. The standard InChI is InChI=1S/C11H13ClN2O3/c1-14(11(17)13-6-10(15)16)7-8-3-2-4-9(12)5-8/h2-5H,6-7H2,1H3,(H,13,17)(H,15,16). The fourth-order valence-corrected chi connectivity index (χ4v) is 1.48. The summed E-state index contributed by atoms with van der Waals surface area (Å²) >= 11 is 5.81. The summed E-state index contributed by atoms with van der Waals surface area (Å²) in [6.07, 6.45) is 0. The molecule has 6 heteroatoms. The number of benzene rings is 1. The molecular weight excluding hydrogens is 244 g/mol. The van der Waals surface area contributed by atoms with E-state index in [9.17, 15) is 9.59 Å². The zero-order valence-electron chi connectivity index (χ0n) is 9.31. The van der Waals surface area contributed by atoms with Crippen molar-refractivity contribution in [1.82, 2.24) is 10.2 Å². The van der Waals surface area contributed by atoms with Crippen LogP contribution in [0.15, 0.2) is 24.3 Å². The van der Waals surface area contributed by atoms with Gasteiger partial charge in [-0.1, -0.05) is 23.7 Å². The molecule has 1 aromatic rings. The van der Waals surface area contributed by atoms with Crippen LogP contribution in [-0.2, 0) is 11.3 Å². The molecule has 0 saturated heterocycles. The largest absolute Gasteiger partial charge is 0.480 e. The van der Waals surface area contributed by atoms with Crippen molar-refractivity contribution in [2.75, 3.05) is 13.6 Å². The molecule has 0 aliphatic heterocycles. The number of nitrogens with one attached hydrogen (secondary N) is 1. The van der Waals surface area contributed by atoms with Crippen LogP contribution >= 0.6 is 11.6 Å². The van der Waals surface area contributed by atoms with Crippen LogP contribution in [0.5, 0.6) is 0 Å². The van der Waals surface area contributed by atoms with Gasteiger partial charge >= 0.3 is 12.0 Å². The Morgan fingerprint density at radius 3 is 2.76 bits per heavy atom. The third-order valence-corrected chi connectivity index (χ3v) is 2.28. The molecule has 0 aliphatic carbocycles. The molecule has 2 N–H and O–H groups in total. The van der Waals surface area contributed by atoms with Crippen molar-refractivity contribution in [3.63, 3.8) is 0 Å². The van der Waals surface area contributed by atoms with Crippen LogP contribution in [0, 0.1) is 0 Å². The minimum atomic E-state index is -1.07. The quantitative estimate of drug-likeness (QED) is 0.859. The van der Waals surface area contributed by atoms with Crippen molar-refractivity contribution in [1.29, 1.82) is 0 Å². The maximum atomic E-state index is 11.5. The van der Waals surface area contributed by atoms with E-state index in [-0.39, 0.29) is 0 Å². The third-order valence-electron chi connectivity index (χ3n) is 2.05. The highest BCUT2D eigenvalue weighted by atomic mass is 35.5. The summed E-state index contributed by atoms with van der Waals surface area (Å²) in [7, 11) is 1.58. The first-order chi connectivity index (χ1) is 7.99. The normalized spacial score (nSPS) is 9.76. The van der Waals surface area contributed by atoms with Crippen LogP contribution < -0.4 is 5.32 Å². The first kappa shape index (κ1) is 13.3. The van der Waals surface area contributed by atoms with E-state index in [1.54, 1.807) is 25.2 Å². The number of carbonyl (C=O) groups excluding carboxylic acids is 1. The van der Waals surface area contributed by atoms with Gasteiger partial charge in [-0.25, -0.2) is 4.79 Å². The Balaban J connectivity index is 2.51. The van der Waals surface area contributed by atoms with Gasteiger partial charge < -0.3 is 15.3 Å². The smallest absolute Gasteiger partial charge is 0.323 e. The minimum absolute atomic E-state index is 0.367. The van der Waals surface area contributed by atoms with Crippen LogP contribution in [0.2, 0.25) is 5.02 Å². The molecule has 0 heterocycles. The number of hydrogen-bond donors (Lipinski definition) is 2. The van der Waals surface area contributed by atoms with E-state index >= 15 is 0 Å². The van der Waals surface area contributed by atoms with Crippen molar-refractivity contribution in [2.24, 2.45) is 0 Å². The molecule has 0 aromatic heterocycles. The van der Waals surface area contributed by atoms with Gasteiger partial charge in [-0.2, -0.15) is 0 Å². The maximum absolute atomic E-state index is 11.5. The Hall–Kier alpha value is -1.75. The summed E-state index contributed by atoms with van der Waals surface area (Å²) in [5.41, 5.74) is 0.880. The maximum Gasteiger partial charge on any atom is 0.323 e. The highest BCUT2D eigenvalue weighted by molar-refractivity contribution is 6.30. The summed E-state index contributed by atoms with van der Waals surface area (Å²) in [6, 6.07) is 6.69. The number of halogens is 1. The van der Waals surface area contributed by atoms with Crippen molar-refractivity contribution in [3.05, 3.63) is 34.9 Å². The molecule has 1 rings (SSSR count). The molecule has 92 valence electrons. The van der Waals surface area contributed by atoms with Gasteiger partial charge in [-0.15, -0.1) is 0 Å². The topological polar surface area (TPSA) is 69.6 Å². The van der Waals surface area contributed by atoms with Gasteiger partial charge in [0.25, 0.3) is 0 Å². The molecule has 0 unspecified atom stereocenters. The lowest BCUT2D eigenvalue weighted by atomic mass is 10.2. The second-order valence-corrected chi connectivity index (χ2v) is 3.97. The zero-order valence-corrected chi connectivity index (χ0v) is 10.1. The summed E-state index contributed by atoms with van der Waals surface area (Å²) in [4.78, 5) is 23.1. The molecule has 17 heavy (non-hydrogen) atoms. The number of aliphatic carboxylic acids is 1. The third kappa shape index (κ3) is 4.74. The number of nitrogens with zero attached hydrogens (tertiary/aromatic N) is 1. The highest BCUT2D eigenvalue weighted by Crippen LogP contribution is 2.11. The van der Waals surface area contributed by atoms with Crippen molar-refractivity contribution in [3.8, 4) is 0 Å². The molecule has 5 nitrogen and oxygen atoms in total. The van der Waals surface area contributed by atoms with Gasteiger partial charge in [0.05, 0.1) is 0 Å². The van der Waals surface area contributed by atoms with Crippen molar-refractivity contribution in [2.45, 2.75) is 6.54 Å². The predicted molar refractivity (Wildman–Crippen MR) is 64.0 cm³/mol. The number of carbonyl (C=O) groups is 2. The Morgan fingerprint density at radius 2 is 2.18 bits per heavy atom. The molecule has 0 saturated carbocycles. The van der Waals surface area contributed by atoms with Gasteiger partial charge in [0.1, 0.15) is 6.54 Å². The molecule has 0 fully saturated rings. The number of amides is 2. The van der Waals surface area contributed by atoms with Crippen LogP contribution in [0.3, 0.4) is 0 Å². The van der Waals surface area contributed by atoms with Gasteiger partial charge in [-0.3, -0.25) is 4.79 Å². The minimum Gasteiger partial charge on any atom is -0.480 e. The number of carboxylic acid groups (broad SMARTS) is 1. The number of carboxylic acids is 1. The van der Waals surface area contributed by atoms with E-state index in [0.29, 0.717) is 11.6 Å². The fraction of sp³-hybridized carbons (Fsp3) is 0.273. The molecule has 0 atom stereocenters. The lowest BCUT2D eigenvalue weighted by Gasteiger charge is -2.17. The van der Waals surface area contributed by atoms with Crippen LogP contribution in [0.25, 0.3) is 0 Å². The average molecular weight is 257 g/mol. The second kappa shape index (κ2) is 6.10. The summed E-state index contributed by atoms with van der Waals surface area (Å²) in [6.45, 7) is -0.0231. The van der Waals surface area contributed by atoms with Gasteiger partial charge in [0.15, 0.2) is 0 Å². The van der Waals surface area contributed by atoms with Gasteiger partial charge in [0, 0.05) is 18.6 Å². The first-order valence-electron chi connectivity index (χ1n) is 4.94. The van der Waals surface area contributed by atoms with E-state index in [0.717, 1.165) is 5.56 Å². The number of rotatable bonds is 4. The molecular formula is C11H13ClN2O3. The number of hydrogen-bond acceptors (Lipinski definition) is 2. The van der Waals surface area contributed by atoms with Crippen LogP contribution in [0.4, 0.5) is 4.79 Å². The highest BCUT2D eigenvalue weighted by Gasteiger charge is 2.09. The monoisotopic (exact) mass is 256 g/mol.